The van der Waals surface area contributed by atoms with Gasteiger partial charge in [-0.25, -0.2) is 4.98 Å². The summed E-state index contributed by atoms with van der Waals surface area (Å²) in [6.45, 7) is 2.29. The normalized spacial score (nSPS) is 11.3. The number of nitrogens with zero attached hydrogens (tertiary/aromatic N) is 2. The summed E-state index contributed by atoms with van der Waals surface area (Å²) in [5, 5.41) is 10.7. The quantitative estimate of drug-likeness (QED) is 0.429. The van der Waals surface area contributed by atoms with Crippen LogP contribution in [-0.4, -0.2) is 21.3 Å². The Morgan fingerprint density at radius 2 is 1.80 bits per heavy atom. The van der Waals surface area contributed by atoms with Gasteiger partial charge in [-0.1, -0.05) is 36.4 Å². The Balaban J connectivity index is 1.88. The lowest BCUT2D eigenvalue weighted by Crippen LogP contribution is -2.22. The summed E-state index contributed by atoms with van der Waals surface area (Å²) < 4.78 is 7.62. The summed E-state index contributed by atoms with van der Waals surface area (Å²) in [6, 6.07) is 20.2. The van der Waals surface area contributed by atoms with Gasteiger partial charge in [-0.05, 0) is 70.9 Å². The highest BCUT2D eigenvalue weighted by Crippen LogP contribution is 2.36. The number of halogens is 1. The molecule has 30 heavy (non-hydrogen) atoms. The number of aromatic hydroxyl groups is 1. The van der Waals surface area contributed by atoms with Crippen LogP contribution in [0.4, 0.5) is 0 Å². The number of para-hydroxylation sites is 2. The van der Waals surface area contributed by atoms with Gasteiger partial charge in [0.1, 0.15) is 5.82 Å². The molecule has 0 aliphatic carbocycles. The van der Waals surface area contributed by atoms with Crippen molar-refractivity contribution in [1.82, 2.24) is 9.55 Å². The van der Waals surface area contributed by atoms with Gasteiger partial charge in [0.15, 0.2) is 11.5 Å². The Morgan fingerprint density at radius 1 is 1.07 bits per heavy atom. The number of aromatic nitrogens is 2. The third kappa shape index (κ3) is 3.86. The zero-order chi connectivity index (χ0) is 21.1. The molecular weight excluding hydrogens is 444 g/mol. The minimum atomic E-state index is -0.131. The summed E-state index contributed by atoms with van der Waals surface area (Å²) in [5.41, 5.74) is 2.04. The van der Waals surface area contributed by atoms with Crippen LogP contribution in [0.2, 0.25) is 0 Å². The second kappa shape index (κ2) is 8.55. The van der Waals surface area contributed by atoms with Crippen molar-refractivity contribution < 1.29 is 9.84 Å². The molecule has 6 heteroatoms. The minimum absolute atomic E-state index is 0.0547. The first-order valence-corrected chi connectivity index (χ1v) is 10.3. The molecule has 0 amide bonds. The molecule has 0 fully saturated rings. The molecule has 150 valence electrons. The largest absolute Gasteiger partial charge is 0.503 e. The van der Waals surface area contributed by atoms with Crippen LogP contribution < -0.4 is 10.3 Å². The SMILES string of the molecule is CCOc1cc(/C=C/c2nc3ccccc3c(=O)n2-c2ccccc2)cc(Br)c1O. The Hall–Kier alpha value is -3.38. The molecule has 0 radical (unpaired) electrons. The van der Waals surface area contributed by atoms with E-state index in [4.69, 9.17) is 9.72 Å². The molecule has 1 N–H and O–H groups in total. The van der Waals surface area contributed by atoms with Crippen molar-refractivity contribution >= 4 is 39.0 Å². The van der Waals surface area contributed by atoms with Crippen LogP contribution in [0, 0.1) is 0 Å². The zero-order valence-corrected chi connectivity index (χ0v) is 17.8. The van der Waals surface area contributed by atoms with E-state index < -0.39 is 0 Å². The van der Waals surface area contributed by atoms with Crippen LogP contribution in [-0.2, 0) is 0 Å². The van der Waals surface area contributed by atoms with E-state index in [1.807, 2.05) is 61.5 Å². The number of benzene rings is 3. The Labute approximate surface area is 182 Å². The monoisotopic (exact) mass is 462 g/mol. The van der Waals surface area contributed by atoms with Gasteiger partial charge in [-0.3, -0.25) is 9.36 Å². The molecule has 1 heterocycles. The lowest BCUT2D eigenvalue weighted by Gasteiger charge is -2.11. The van der Waals surface area contributed by atoms with Crippen LogP contribution in [0.5, 0.6) is 11.5 Å². The van der Waals surface area contributed by atoms with E-state index in [0.29, 0.717) is 33.6 Å². The number of hydrogen-bond acceptors (Lipinski definition) is 4. The Kier molecular flexibility index (Phi) is 5.68. The topological polar surface area (TPSA) is 64.3 Å². The highest BCUT2D eigenvalue weighted by atomic mass is 79.9. The van der Waals surface area contributed by atoms with Crippen molar-refractivity contribution in [3.63, 3.8) is 0 Å². The molecule has 0 spiro atoms. The molecule has 0 saturated heterocycles. The Morgan fingerprint density at radius 3 is 2.57 bits per heavy atom. The van der Waals surface area contributed by atoms with Crippen molar-refractivity contribution in [3.8, 4) is 17.2 Å². The van der Waals surface area contributed by atoms with E-state index in [2.05, 4.69) is 15.9 Å². The van der Waals surface area contributed by atoms with Crippen LogP contribution in [0.15, 0.2) is 76.0 Å². The molecule has 0 atom stereocenters. The van der Waals surface area contributed by atoms with Gasteiger partial charge in [0.25, 0.3) is 5.56 Å². The van der Waals surface area contributed by atoms with Crippen molar-refractivity contribution in [3.05, 3.63) is 92.9 Å². The second-order valence-corrected chi connectivity index (χ2v) is 7.43. The predicted molar refractivity (Wildman–Crippen MR) is 123 cm³/mol. The first-order valence-electron chi connectivity index (χ1n) is 9.49. The first kappa shape index (κ1) is 19.9. The fraction of sp³-hybridized carbons (Fsp3) is 0.0833. The number of phenols is 1. The maximum atomic E-state index is 13.2. The first-order chi connectivity index (χ1) is 14.6. The molecule has 5 nitrogen and oxygen atoms in total. The van der Waals surface area contributed by atoms with E-state index >= 15 is 0 Å². The van der Waals surface area contributed by atoms with Crippen molar-refractivity contribution in [2.75, 3.05) is 6.61 Å². The lowest BCUT2D eigenvalue weighted by atomic mass is 10.1. The average molecular weight is 463 g/mol. The summed E-state index contributed by atoms with van der Waals surface area (Å²) in [7, 11) is 0. The lowest BCUT2D eigenvalue weighted by molar-refractivity contribution is 0.317. The molecule has 0 aliphatic rings. The van der Waals surface area contributed by atoms with Crippen LogP contribution in [0.3, 0.4) is 0 Å². The molecule has 0 saturated carbocycles. The van der Waals surface area contributed by atoms with Gasteiger partial charge in [0.2, 0.25) is 0 Å². The molecule has 0 unspecified atom stereocenters. The van der Waals surface area contributed by atoms with Crippen LogP contribution in [0.25, 0.3) is 28.7 Å². The fourth-order valence-electron chi connectivity index (χ4n) is 3.21. The Bertz CT molecular complexity index is 1300. The summed E-state index contributed by atoms with van der Waals surface area (Å²) in [5.74, 6) is 0.949. The number of hydrogen-bond donors (Lipinski definition) is 1. The maximum Gasteiger partial charge on any atom is 0.266 e. The predicted octanol–water partition coefficient (Wildman–Crippen LogP) is 5.42. The van der Waals surface area contributed by atoms with E-state index in [1.165, 1.54) is 0 Å². The molecule has 4 aromatic rings. The van der Waals surface area contributed by atoms with Gasteiger partial charge in [0, 0.05) is 0 Å². The van der Waals surface area contributed by atoms with E-state index in [0.717, 1.165) is 11.3 Å². The minimum Gasteiger partial charge on any atom is -0.503 e. The van der Waals surface area contributed by atoms with Crippen molar-refractivity contribution in [2.24, 2.45) is 0 Å². The van der Waals surface area contributed by atoms with Gasteiger partial charge < -0.3 is 9.84 Å². The molecule has 4 rings (SSSR count). The standard InChI is InChI=1S/C24H19BrN2O3/c1-2-30-21-15-16(14-19(25)23(21)28)12-13-22-26-20-11-7-6-10-18(20)24(29)27(22)17-8-4-3-5-9-17/h3-15,28H,2H2,1H3/b13-12+. The number of phenolic OH excluding ortho intramolecular Hbond substituents is 1. The van der Waals surface area contributed by atoms with Gasteiger partial charge >= 0.3 is 0 Å². The van der Waals surface area contributed by atoms with E-state index in [9.17, 15) is 9.90 Å². The molecular formula is C24H19BrN2O3. The molecule has 1 aromatic heterocycles. The highest BCUT2D eigenvalue weighted by molar-refractivity contribution is 9.10. The molecule has 0 bridgehead atoms. The number of rotatable bonds is 5. The summed E-state index contributed by atoms with van der Waals surface area (Å²) in [4.78, 5) is 17.9. The van der Waals surface area contributed by atoms with E-state index in [1.54, 1.807) is 28.8 Å². The second-order valence-electron chi connectivity index (χ2n) is 6.58. The number of fused-ring (bicyclic) bond motifs is 1. The molecule has 3 aromatic carbocycles. The van der Waals surface area contributed by atoms with Gasteiger partial charge in [-0.15, -0.1) is 0 Å². The maximum absolute atomic E-state index is 13.2. The van der Waals surface area contributed by atoms with Gasteiger partial charge in [0.05, 0.1) is 27.7 Å². The van der Waals surface area contributed by atoms with Crippen LogP contribution >= 0.6 is 15.9 Å². The molecule has 0 aliphatic heterocycles. The fourth-order valence-corrected chi connectivity index (χ4v) is 3.67. The smallest absolute Gasteiger partial charge is 0.266 e. The van der Waals surface area contributed by atoms with E-state index in [-0.39, 0.29) is 11.3 Å². The van der Waals surface area contributed by atoms with Crippen LogP contribution in [0.1, 0.15) is 18.3 Å². The summed E-state index contributed by atoms with van der Waals surface area (Å²) in [6.07, 6.45) is 3.62. The third-order valence-corrected chi connectivity index (χ3v) is 5.20. The third-order valence-electron chi connectivity index (χ3n) is 4.59. The van der Waals surface area contributed by atoms with Crippen molar-refractivity contribution in [2.45, 2.75) is 6.92 Å². The highest BCUT2D eigenvalue weighted by Gasteiger charge is 2.12. The van der Waals surface area contributed by atoms with Gasteiger partial charge in [-0.2, -0.15) is 0 Å². The average Bonchev–Trinajstić information content (AvgIpc) is 2.76. The zero-order valence-electron chi connectivity index (χ0n) is 16.2. The van der Waals surface area contributed by atoms with Crippen molar-refractivity contribution in [1.29, 1.82) is 0 Å². The summed E-state index contributed by atoms with van der Waals surface area (Å²) >= 11 is 3.35. The number of ether oxygens (including phenoxy) is 1.